The van der Waals surface area contributed by atoms with Crippen molar-refractivity contribution in [2.45, 2.75) is 26.3 Å². The van der Waals surface area contributed by atoms with Gasteiger partial charge in [-0.25, -0.2) is 9.37 Å². The topological polar surface area (TPSA) is 66.0 Å². The number of nitrogens with zero attached hydrogens (tertiary/aromatic N) is 2. The Bertz CT molecular complexity index is 408. The molecule has 17 heavy (non-hydrogen) atoms. The second-order valence-corrected chi connectivity index (χ2v) is 4.46. The number of hydrogen-bond donors (Lipinski definition) is 2. The number of rotatable bonds is 5. The van der Waals surface area contributed by atoms with Crippen molar-refractivity contribution in [1.29, 1.82) is 5.41 Å². The van der Waals surface area contributed by atoms with E-state index in [2.05, 4.69) is 4.98 Å². The van der Waals surface area contributed by atoms with Gasteiger partial charge in [-0.05, 0) is 19.9 Å². The summed E-state index contributed by atoms with van der Waals surface area (Å²) in [5, 5.41) is 7.46. The van der Waals surface area contributed by atoms with Gasteiger partial charge in [-0.15, -0.1) is 0 Å². The van der Waals surface area contributed by atoms with E-state index in [1.54, 1.807) is 4.90 Å². The Morgan fingerprint density at radius 1 is 1.65 bits per heavy atom. The molecule has 0 aromatic carbocycles. The van der Waals surface area contributed by atoms with Crippen LogP contribution in [0, 0.1) is 11.2 Å². The largest absolute Gasteiger partial charge is 0.388 e. The van der Waals surface area contributed by atoms with Gasteiger partial charge in [-0.1, -0.05) is 11.6 Å². The van der Waals surface area contributed by atoms with Crippen molar-refractivity contribution in [3.8, 4) is 0 Å². The molecule has 0 bridgehead atoms. The predicted octanol–water partition coefficient (Wildman–Crippen LogP) is 2.41. The molecule has 1 heterocycles. The zero-order chi connectivity index (χ0) is 13.0. The lowest BCUT2D eigenvalue weighted by Gasteiger charge is -2.27. The van der Waals surface area contributed by atoms with Gasteiger partial charge in [0, 0.05) is 25.2 Å². The first-order valence-corrected chi connectivity index (χ1v) is 5.70. The lowest BCUT2D eigenvalue weighted by atomic mass is 10.2. The maximum Gasteiger partial charge on any atom is 0.167 e. The maximum atomic E-state index is 13.7. The number of aromatic nitrogens is 1. The summed E-state index contributed by atoms with van der Waals surface area (Å²) >= 11 is 5.65. The first-order valence-electron chi connectivity index (χ1n) is 5.32. The Labute approximate surface area is 105 Å². The first kappa shape index (κ1) is 13.7. The highest BCUT2D eigenvalue weighted by Crippen LogP contribution is 2.21. The van der Waals surface area contributed by atoms with Crippen LogP contribution in [-0.4, -0.2) is 23.4 Å². The molecule has 6 heteroatoms. The summed E-state index contributed by atoms with van der Waals surface area (Å²) < 4.78 is 13.7. The molecule has 0 saturated carbocycles. The smallest absolute Gasteiger partial charge is 0.167 e. The number of halogens is 2. The Hall–Kier alpha value is -1.36. The molecule has 0 aliphatic heterocycles. The van der Waals surface area contributed by atoms with Crippen LogP contribution < -0.4 is 10.6 Å². The molecule has 0 unspecified atom stereocenters. The van der Waals surface area contributed by atoms with Crippen molar-refractivity contribution in [3.63, 3.8) is 0 Å². The number of anilines is 1. The molecule has 3 N–H and O–H groups in total. The van der Waals surface area contributed by atoms with E-state index in [9.17, 15) is 4.39 Å². The Morgan fingerprint density at radius 2 is 2.29 bits per heavy atom. The number of hydrogen-bond acceptors (Lipinski definition) is 3. The molecule has 0 fully saturated rings. The molecule has 1 rings (SSSR count). The Kier molecular flexibility index (Phi) is 4.69. The van der Waals surface area contributed by atoms with Crippen LogP contribution in [0.25, 0.3) is 0 Å². The number of nitrogens with one attached hydrogen (secondary N) is 1. The van der Waals surface area contributed by atoms with Gasteiger partial charge >= 0.3 is 0 Å². The summed E-state index contributed by atoms with van der Waals surface area (Å²) in [4.78, 5) is 5.74. The van der Waals surface area contributed by atoms with Crippen LogP contribution in [-0.2, 0) is 0 Å². The number of pyridine rings is 1. The van der Waals surface area contributed by atoms with Crippen molar-refractivity contribution in [2.75, 3.05) is 11.4 Å². The van der Waals surface area contributed by atoms with Crippen LogP contribution in [0.3, 0.4) is 0 Å². The number of amidine groups is 1. The third kappa shape index (κ3) is 3.85. The van der Waals surface area contributed by atoms with Gasteiger partial charge in [0.25, 0.3) is 0 Å². The van der Waals surface area contributed by atoms with Crippen LogP contribution in [0.15, 0.2) is 12.3 Å². The summed E-state index contributed by atoms with van der Waals surface area (Å²) in [5.41, 5.74) is 5.30. The van der Waals surface area contributed by atoms with Crippen molar-refractivity contribution in [3.05, 3.63) is 23.1 Å². The molecule has 4 nitrogen and oxygen atoms in total. The van der Waals surface area contributed by atoms with Gasteiger partial charge in [0.2, 0.25) is 0 Å². The van der Waals surface area contributed by atoms with Crippen LogP contribution in [0.5, 0.6) is 0 Å². The fourth-order valence-corrected chi connectivity index (χ4v) is 1.61. The van der Waals surface area contributed by atoms with Gasteiger partial charge < -0.3 is 10.6 Å². The standard InChI is InChI=1S/C11H16ClFN4/c1-7(2)17(4-3-10(14)15)11-9(13)5-8(12)6-16-11/h5-7H,3-4H2,1-2H3,(H3,14,15). The first-order chi connectivity index (χ1) is 7.91. The van der Waals surface area contributed by atoms with Gasteiger partial charge in [0.05, 0.1) is 10.9 Å². The fourth-order valence-electron chi connectivity index (χ4n) is 1.47. The summed E-state index contributed by atoms with van der Waals surface area (Å²) in [6.45, 7) is 4.31. The highest BCUT2D eigenvalue weighted by Gasteiger charge is 2.16. The molecule has 94 valence electrons. The van der Waals surface area contributed by atoms with Gasteiger partial charge in [-0.3, -0.25) is 5.41 Å². The molecule has 0 saturated heterocycles. The maximum absolute atomic E-state index is 13.7. The van der Waals surface area contributed by atoms with E-state index in [0.29, 0.717) is 13.0 Å². The normalized spacial score (nSPS) is 10.6. The van der Waals surface area contributed by atoms with E-state index in [0.717, 1.165) is 0 Å². The molecule has 0 amide bonds. The average Bonchev–Trinajstić information content (AvgIpc) is 2.20. The second kappa shape index (κ2) is 5.82. The van der Waals surface area contributed by atoms with Gasteiger partial charge in [-0.2, -0.15) is 0 Å². The molecule has 0 aliphatic rings. The minimum atomic E-state index is -0.463. The summed E-state index contributed by atoms with van der Waals surface area (Å²) in [6, 6.07) is 1.30. The molecular weight excluding hydrogens is 243 g/mol. The number of nitrogens with two attached hydrogens (primary N) is 1. The van der Waals surface area contributed by atoms with Crippen molar-refractivity contribution in [1.82, 2.24) is 4.98 Å². The van der Waals surface area contributed by atoms with Crippen molar-refractivity contribution in [2.24, 2.45) is 5.73 Å². The van der Waals surface area contributed by atoms with Gasteiger partial charge in [0.1, 0.15) is 0 Å². The van der Waals surface area contributed by atoms with Crippen LogP contribution in [0.1, 0.15) is 20.3 Å². The van der Waals surface area contributed by atoms with E-state index in [4.69, 9.17) is 22.7 Å². The van der Waals surface area contributed by atoms with E-state index >= 15 is 0 Å². The lowest BCUT2D eigenvalue weighted by molar-refractivity contribution is 0.591. The molecule has 1 aromatic heterocycles. The van der Waals surface area contributed by atoms with E-state index in [-0.39, 0.29) is 22.7 Å². The molecule has 0 atom stereocenters. The molecule has 0 radical (unpaired) electrons. The molecular formula is C11H16ClFN4. The molecule has 1 aromatic rings. The highest BCUT2D eigenvalue weighted by atomic mass is 35.5. The summed E-state index contributed by atoms with van der Waals surface area (Å²) in [6.07, 6.45) is 1.78. The predicted molar refractivity (Wildman–Crippen MR) is 68.2 cm³/mol. The fraction of sp³-hybridized carbons (Fsp3) is 0.455. The zero-order valence-corrected chi connectivity index (χ0v) is 10.6. The third-order valence-electron chi connectivity index (χ3n) is 2.31. The third-order valence-corrected chi connectivity index (χ3v) is 2.51. The Balaban J connectivity index is 2.93. The Morgan fingerprint density at radius 3 is 2.76 bits per heavy atom. The van der Waals surface area contributed by atoms with E-state index in [1.165, 1.54) is 12.3 Å². The molecule has 0 spiro atoms. The van der Waals surface area contributed by atoms with Crippen LogP contribution in [0.2, 0.25) is 5.02 Å². The van der Waals surface area contributed by atoms with Crippen LogP contribution in [0.4, 0.5) is 10.2 Å². The van der Waals surface area contributed by atoms with Crippen molar-refractivity contribution >= 4 is 23.3 Å². The lowest BCUT2D eigenvalue weighted by Crippen LogP contribution is -2.35. The van der Waals surface area contributed by atoms with E-state index < -0.39 is 5.82 Å². The zero-order valence-electron chi connectivity index (χ0n) is 9.87. The van der Waals surface area contributed by atoms with E-state index in [1.807, 2.05) is 13.8 Å². The SMILES string of the molecule is CC(C)N(CCC(=N)N)c1ncc(Cl)cc1F. The summed E-state index contributed by atoms with van der Waals surface area (Å²) in [5.74, 6) is -0.148. The van der Waals surface area contributed by atoms with Gasteiger partial charge in [0.15, 0.2) is 11.6 Å². The highest BCUT2D eigenvalue weighted by molar-refractivity contribution is 6.30. The quantitative estimate of drug-likeness (QED) is 0.630. The van der Waals surface area contributed by atoms with Crippen LogP contribution >= 0.6 is 11.6 Å². The minimum Gasteiger partial charge on any atom is -0.388 e. The summed E-state index contributed by atoms with van der Waals surface area (Å²) in [7, 11) is 0. The monoisotopic (exact) mass is 258 g/mol. The van der Waals surface area contributed by atoms with Crippen molar-refractivity contribution < 1.29 is 4.39 Å². The minimum absolute atomic E-state index is 0.0672. The molecule has 0 aliphatic carbocycles. The average molecular weight is 259 g/mol. The second-order valence-electron chi connectivity index (χ2n) is 4.02.